The summed E-state index contributed by atoms with van der Waals surface area (Å²) in [6.07, 6.45) is 0.471. The zero-order chi connectivity index (χ0) is 20.8. The number of benzene rings is 1. The molecule has 1 saturated heterocycles. The van der Waals surface area contributed by atoms with Crippen LogP contribution >= 0.6 is 0 Å². The Balaban J connectivity index is 1.31. The van der Waals surface area contributed by atoms with Crippen LogP contribution < -0.4 is 10.6 Å². The van der Waals surface area contributed by atoms with Gasteiger partial charge in [-0.1, -0.05) is 0 Å². The molecule has 0 spiro atoms. The van der Waals surface area contributed by atoms with Crippen LogP contribution in [-0.2, 0) is 11.2 Å². The van der Waals surface area contributed by atoms with E-state index in [1.807, 2.05) is 12.1 Å². The van der Waals surface area contributed by atoms with Gasteiger partial charge in [0, 0.05) is 44.7 Å². The maximum atomic E-state index is 13.0. The third-order valence-electron chi connectivity index (χ3n) is 4.91. The molecule has 2 N–H and O–H groups in total. The minimum Gasteiger partial charge on any atom is -0.379 e. The van der Waals surface area contributed by atoms with Gasteiger partial charge >= 0.3 is 0 Å². The van der Waals surface area contributed by atoms with Crippen molar-refractivity contribution in [3.8, 4) is 0 Å². The highest BCUT2D eigenvalue weighted by Gasteiger charge is 2.11. The molecule has 1 aromatic carbocycles. The number of aromatic nitrogens is 4. The highest BCUT2D eigenvalue weighted by molar-refractivity contribution is 5.94. The topological polar surface area (TPSA) is 96.7 Å². The molecule has 30 heavy (non-hydrogen) atoms. The van der Waals surface area contributed by atoms with Crippen molar-refractivity contribution < 1.29 is 13.9 Å². The van der Waals surface area contributed by atoms with Gasteiger partial charge in [-0.2, -0.15) is 4.52 Å². The van der Waals surface area contributed by atoms with E-state index in [9.17, 15) is 9.18 Å². The van der Waals surface area contributed by atoms with Gasteiger partial charge in [-0.25, -0.2) is 4.39 Å². The fourth-order valence-electron chi connectivity index (χ4n) is 3.24. The van der Waals surface area contributed by atoms with Gasteiger partial charge in [-0.05, 0) is 36.4 Å². The van der Waals surface area contributed by atoms with Gasteiger partial charge in [0.25, 0.3) is 5.91 Å². The number of amides is 1. The van der Waals surface area contributed by atoms with E-state index in [-0.39, 0.29) is 11.7 Å². The van der Waals surface area contributed by atoms with Gasteiger partial charge in [-0.15, -0.1) is 15.3 Å². The third kappa shape index (κ3) is 5.08. The van der Waals surface area contributed by atoms with Crippen molar-refractivity contribution in [3.63, 3.8) is 0 Å². The first kappa shape index (κ1) is 20.2. The molecule has 0 bridgehead atoms. The number of carbonyl (C=O) groups excluding carboxylic acids is 1. The second-order valence-electron chi connectivity index (χ2n) is 7.00. The Bertz CT molecular complexity index is 986. The maximum Gasteiger partial charge on any atom is 0.251 e. The molecule has 0 radical (unpaired) electrons. The largest absolute Gasteiger partial charge is 0.379 e. The summed E-state index contributed by atoms with van der Waals surface area (Å²) >= 11 is 0. The van der Waals surface area contributed by atoms with Crippen LogP contribution in [0.1, 0.15) is 16.2 Å². The lowest BCUT2D eigenvalue weighted by molar-refractivity contribution is 0.0398. The molecule has 1 amide bonds. The minimum atomic E-state index is -0.373. The summed E-state index contributed by atoms with van der Waals surface area (Å²) in [6.45, 7) is 5.54. The second-order valence-corrected chi connectivity index (χ2v) is 7.00. The predicted octanol–water partition coefficient (Wildman–Crippen LogP) is 0.980. The molecule has 9 nitrogen and oxygen atoms in total. The molecule has 0 aliphatic carbocycles. The van der Waals surface area contributed by atoms with Gasteiger partial charge in [0.15, 0.2) is 11.5 Å². The third-order valence-corrected chi connectivity index (χ3v) is 4.91. The van der Waals surface area contributed by atoms with Gasteiger partial charge in [0.2, 0.25) is 0 Å². The molecule has 10 heteroatoms. The zero-order valence-electron chi connectivity index (χ0n) is 16.6. The number of halogens is 1. The molecular formula is C20H24FN7O2. The van der Waals surface area contributed by atoms with Crippen LogP contribution in [0.15, 0.2) is 36.4 Å². The van der Waals surface area contributed by atoms with E-state index in [2.05, 4.69) is 30.8 Å². The molecule has 3 heterocycles. The van der Waals surface area contributed by atoms with Crippen molar-refractivity contribution >= 4 is 17.4 Å². The molecule has 0 saturated carbocycles. The van der Waals surface area contributed by atoms with Crippen LogP contribution in [0.3, 0.4) is 0 Å². The van der Waals surface area contributed by atoms with Crippen molar-refractivity contribution in [2.24, 2.45) is 0 Å². The monoisotopic (exact) mass is 413 g/mol. The van der Waals surface area contributed by atoms with Crippen molar-refractivity contribution in [3.05, 3.63) is 53.6 Å². The van der Waals surface area contributed by atoms with Gasteiger partial charge in [-0.3, -0.25) is 9.69 Å². The van der Waals surface area contributed by atoms with Crippen LogP contribution in [-0.4, -0.2) is 76.6 Å². The summed E-state index contributed by atoms with van der Waals surface area (Å²) < 4.78 is 20.0. The zero-order valence-corrected chi connectivity index (χ0v) is 16.6. The van der Waals surface area contributed by atoms with Crippen LogP contribution in [0.4, 0.5) is 10.2 Å². The maximum absolute atomic E-state index is 13.0. The number of fused-ring (bicyclic) bond motifs is 1. The fourth-order valence-corrected chi connectivity index (χ4v) is 3.24. The lowest BCUT2D eigenvalue weighted by Gasteiger charge is -2.26. The molecule has 4 rings (SSSR count). The average molecular weight is 413 g/mol. The Morgan fingerprint density at radius 3 is 2.67 bits per heavy atom. The standard InChI is InChI=1S/C20H24FN7O2/c21-16-3-1-15(2-4-16)20(29)23-8-7-19-25-24-18-6-5-17(26-28(18)19)22-9-10-27-11-13-30-14-12-27/h1-6H,7-14H2,(H,22,26)(H,23,29). The Morgan fingerprint density at radius 2 is 1.87 bits per heavy atom. The number of anilines is 1. The first-order chi connectivity index (χ1) is 14.7. The lowest BCUT2D eigenvalue weighted by atomic mass is 10.2. The van der Waals surface area contributed by atoms with Gasteiger partial charge in [0.05, 0.1) is 13.2 Å². The Morgan fingerprint density at radius 1 is 1.07 bits per heavy atom. The first-order valence-electron chi connectivity index (χ1n) is 9.98. The lowest BCUT2D eigenvalue weighted by Crippen LogP contribution is -2.39. The fraction of sp³-hybridized carbons (Fsp3) is 0.400. The Kier molecular flexibility index (Phi) is 6.45. The summed E-state index contributed by atoms with van der Waals surface area (Å²) in [5.74, 6) is 0.762. The summed E-state index contributed by atoms with van der Waals surface area (Å²) in [5, 5.41) is 19.0. The number of morpholine rings is 1. The molecule has 0 atom stereocenters. The Hall–Kier alpha value is -3.11. The van der Waals surface area contributed by atoms with Crippen LogP contribution in [0.2, 0.25) is 0 Å². The molecule has 1 fully saturated rings. The van der Waals surface area contributed by atoms with E-state index in [4.69, 9.17) is 4.74 Å². The average Bonchev–Trinajstić information content (AvgIpc) is 3.17. The Labute approximate surface area is 173 Å². The highest BCUT2D eigenvalue weighted by Crippen LogP contribution is 2.08. The van der Waals surface area contributed by atoms with Crippen molar-refractivity contribution in [2.75, 3.05) is 51.3 Å². The van der Waals surface area contributed by atoms with Crippen molar-refractivity contribution in [1.82, 2.24) is 30.0 Å². The second kappa shape index (κ2) is 9.59. The van der Waals surface area contributed by atoms with E-state index in [1.165, 1.54) is 24.3 Å². The molecule has 2 aromatic heterocycles. The van der Waals surface area contributed by atoms with Gasteiger partial charge < -0.3 is 15.4 Å². The van der Waals surface area contributed by atoms with E-state index in [0.717, 1.165) is 45.2 Å². The quantitative estimate of drug-likeness (QED) is 0.568. The van der Waals surface area contributed by atoms with Gasteiger partial charge in [0.1, 0.15) is 11.6 Å². The highest BCUT2D eigenvalue weighted by atomic mass is 19.1. The van der Waals surface area contributed by atoms with E-state index >= 15 is 0 Å². The summed E-state index contributed by atoms with van der Waals surface area (Å²) in [6, 6.07) is 9.17. The minimum absolute atomic E-state index is 0.262. The number of carbonyl (C=O) groups is 1. The number of rotatable bonds is 8. The number of hydrogen-bond donors (Lipinski definition) is 2. The van der Waals surface area contributed by atoms with Crippen LogP contribution in [0.25, 0.3) is 5.65 Å². The number of nitrogens with one attached hydrogen (secondary N) is 2. The summed E-state index contributed by atoms with van der Waals surface area (Å²) in [7, 11) is 0. The molecular weight excluding hydrogens is 389 g/mol. The van der Waals surface area contributed by atoms with Crippen molar-refractivity contribution in [2.45, 2.75) is 6.42 Å². The number of ether oxygens (including phenoxy) is 1. The molecule has 3 aromatic rings. The SMILES string of the molecule is O=C(NCCc1nnc2ccc(NCCN3CCOCC3)nn12)c1ccc(F)cc1. The van der Waals surface area contributed by atoms with E-state index in [1.54, 1.807) is 4.52 Å². The van der Waals surface area contributed by atoms with Crippen LogP contribution in [0.5, 0.6) is 0 Å². The van der Waals surface area contributed by atoms with Crippen LogP contribution in [0, 0.1) is 5.82 Å². The summed E-state index contributed by atoms with van der Waals surface area (Å²) in [5.41, 5.74) is 1.06. The first-order valence-corrected chi connectivity index (χ1v) is 9.98. The molecule has 1 aliphatic rings. The predicted molar refractivity (Wildman–Crippen MR) is 109 cm³/mol. The smallest absolute Gasteiger partial charge is 0.251 e. The molecule has 158 valence electrons. The van der Waals surface area contributed by atoms with E-state index in [0.29, 0.717) is 30.0 Å². The molecule has 0 unspecified atom stereocenters. The van der Waals surface area contributed by atoms with Crippen molar-refractivity contribution in [1.29, 1.82) is 0 Å². The molecule has 1 aliphatic heterocycles. The van der Waals surface area contributed by atoms with E-state index < -0.39 is 0 Å². The number of hydrogen-bond acceptors (Lipinski definition) is 7. The normalized spacial score (nSPS) is 14.7. The summed E-state index contributed by atoms with van der Waals surface area (Å²) in [4.78, 5) is 14.5. The number of nitrogens with zero attached hydrogens (tertiary/aromatic N) is 5.